The van der Waals surface area contributed by atoms with E-state index in [-0.39, 0.29) is 0 Å². The molecule has 0 amide bonds. The molecule has 2 aromatic carbocycles. The van der Waals surface area contributed by atoms with Gasteiger partial charge in [0.2, 0.25) is 11.7 Å². The number of likely N-dealkylation sites (N-methyl/N-ethyl adjacent to an activating group) is 1. The van der Waals surface area contributed by atoms with E-state index in [1.54, 1.807) is 21.3 Å². The lowest BCUT2D eigenvalue weighted by molar-refractivity contribution is 0.175. The first-order valence-corrected chi connectivity index (χ1v) is 14.3. The van der Waals surface area contributed by atoms with Gasteiger partial charge in [-0.25, -0.2) is 4.98 Å². The fourth-order valence-electron chi connectivity index (χ4n) is 5.45. The molecule has 1 aromatic heterocycles. The molecule has 0 atom stereocenters. The summed E-state index contributed by atoms with van der Waals surface area (Å²) in [5.41, 5.74) is 1.98. The third kappa shape index (κ3) is 6.01. The first kappa shape index (κ1) is 28.1. The molecule has 3 heterocycles. The number of nitrogens with zero attached hydrogens (tertiary/aromatic N) is 6. The van der Waals surface area contributed by atoms with Crippen molar-refractivity contribution in [1.29, 1.82) is 0 Å². The Labute approximate surface area is 241 Å². The lowest BCUT2D eigenvalue weighted by Gasteiger charge is -2.36. The van der Waals surface area contributed by atoms with Crippen LogP contribution in [0.2, 0.25) is 0 Å². The zero-order valence-electron chi connectivity index (χ0n) is 23.9. The van der Waals surface area contributed by atoms with Crippen molar-refractivity contribution in [2.45, 2.75) is 13.5 Å². The van der Waals surface area contributed by atoms with Crippen LogP contribution in [0, 0.1) is 0 Å². The van der Waals surface area contributed by atoms with Crippen LogP contribution in [0.4, 0.5) is 11.8 Å². The standard InChI is InChI=1S/C29H39N7O3S/c1-5-33-12-16-35(17-13-33)27-22-8-6-7-9-23(22)30-28(31-27)32-29(40)36-18-14-34(15-19-36)20-21-10-11-24(37-2)26(39-4)25(21)38-3/h6-11H,5,12-20H2,1-4H3,(H,30,31,32,40). The maximum Gasteiger partial charge on any atom is 0.231 e. The highest BCUT2D eigenvalue weighted by Gasteiger charge is 2.24. The summed E-state index contributed by atoms with van der Waals surface area (Å²) in [6.07, 6.45) is 0. The van der Waals surface area contributed by atoms with Crippen molar-refractivity contribution in [3.05, 3.63) is 42.0 Å². The van der Waals surface area contributed by atoms with Gasteiger partial charge in [0.15, 0.2) is 16.6 Å². The number of anilines is 2. The van der Waals surface area contributed by atoms with E-state index in [0.29, 0.717) is 28.3 Å². The molecule has 2 saturated heterocycles. The van der Waals surface area contributed by atoms with Crippen molar-refractivity contribution in [3.8, 4) is 17.2 Å². The lowest BCUT2D eigenvalue weighted by Crippen LogP contribution is -2.49. The van der Waals surface area contributed by atoms with Gasteiger partial charge in [-0.1, -0.05) is 25.1 Å². The number of para-hydroxylation sites is 1. The molecule has 0 saturated carbocycles. The highest BCUT2D eigenvalue weighted by molar-refractivity contribution is 7.80. The number of nitrogens with one attached hydrogen (secondary N) is 1. The Kier molecular flexibility index (Phi) is 9.03. The van der Waals surface area contributed by atoms with Crippen LogP contribution in [-0.2, 0) is 6.54 Å². The number of hydrogen-bond donors (Lipinski definition) is 1. The molecule has 214 valence electrons. The summed E-state index contributed by atoms with van der Waals surface area (Å²) in [4.78, 5) is 19.2. The largest absolute Gasteiger partial charge is 0.493 e. The molecule has 0 radical (unpaired) electrons. The Balaban J connectivity index is 1.24. The zero-order chi connectivity index (χ0) is 28.1. The van der Waals surface area contributed by atoms with Crippen molar-refractivity contribution >= 4 is 40.0 Å². The van der Waals surface area contributed by atoms with Gasteiger partial charge < -0.3 is 34.2 Å². The molecule has 1 N–H and O–H groups in total. The van der Waals surface area contributed by atoms with Crippen molar-refractivity contribution in [2.75, 3.05) is 90.4 Å². The highest BCUT2D eigenvalue weighted by Crippen LogP contribution is 2.40. The number of thiocarbonyl (C=S) groups is 1. The second-order valence-electron chi connectivity index (χ2n) is 10.00. The van der Waals surface area contributed by atoms with E-state index in [1.165, 1.54) is 0 Å². The quantitative estimate of drug-likeness (QED) is 0.409. The number of rotatable bonds is 8. The van der Waals surface area contributed by atoms with Crippen LogP contribution in [0.5, 0.6) is 17.2 Å². The Hall–Kier alpha value is -3.41. The van der Waals surface area contributed by atoms with Crippen molar-refractivity contribution < 1.29 is 14.2 Å². The van der Waals surface area contributed by atoms with E-state index < -0.39 is 0 Å². The molecule has 0 spiro atoms. The van der Waals surface area contributed by atoms with Gasteiger partial charge in [-0.05, 0) is 37.0 Å². The Morgan fingerprint density at radius 1 is 0.825 bits per heavy atom. The molecule has 2 aliphatic rings. The highest BCUT2D eigenvalue weighted by atomic mass is 32.1. The molecule has 10 nitrogen and oxygen atoms in total. The smallest absolute Gasteiger partial charge is 0.231 e. The molecular formula is C29H39N7O3S. The van der Waals surface area contributed by atoms with E-state index in [0.717, 1.165) is 87.7 Å². The first-order chi connectivity index (χ1) is 19.5. The van der Waals surface area contributed by atoms with Crippen LogP contribution < -0.4 is 24.4 Å². The molecule has 0 unspecified atom stereocenters. The van der Waals surface area contributed by atoms with E-state index in [4.69, 9.17) is 36.4 Å². The topological polar surface area (TPSA) is 78.5 Å². The monoisotopic (exact) mass is 565 g/mol. The number of ether oxygens (including phenoxy) is 3. The summed E-state index contributed by atoms with van der Waals surface area (Å²) in [5.74, 6) is 3.51. The minimum absolute atomic E-state index is 0.550. The van der Waals surface area contributed by atoms with Crippen LogP contribution in [0.3, 0.4) is 0 Å². The van der Waals surface area contributed by atoms with Crippen LogP contribution in [-0.4, -0.2) is 110 Å². The van der Waals surface area contributed by atoms with Gasteiger partial charge in [0, 0.05) is 69.9 Å². The summed E-state index contributed by atoms with van der Waals surface area (Å²) in [6.45, 7) is 11.4. The first-order valence-electron chi connectivity index (χ1n) is 13.8. The van der Waals surface area contributed by atoms with Crippen molar-refractivity contribution in [1.82, 2.24) is 24.7 Å². The molecule has 0 aliphatic carbocycles. The molecule has 5 rings (SSSR count). The average molecular weight is 566 g/mol. The Bertz CT molecular complexity index is 1320. The van der Waals surface area contributed by atoms with Crippen LogP contribution in [0.25, 0.3) is 10.9 Å². The number of methoxy groups -OCH3 is 3. The number of benzene rings is 2. The number of aromatic nitrogens is 2. The second kappa shape index (κ2) is 12.8. The van der Waals surface area contributed by atoms with E-state index in [1.807, 2.05) is 30.3 Å². The van der Waals surface area contributed by atoms with Crippen LogP contribution in [0.15, 0.2) is 36.4 Å². The Morgan fingerprint density at radius 2 is 1.52 bits per heavy atom. The normalized spacial score (nSPS) is 16.7. The molecule has 2 aliphatic heterocycles. The summed E-state index contributed by atoms with van der Waals surface area (Å²) in [6, 6.07) is 12.2. The third-order valence-corrected chi connectivity index (χ3v) is 8.12. The molecule has 3 aromatic rings. The van der Waals surface area contributed by atoms with Gasteiger partial charge in [-0.15, -0.1) is 0 Å². The van der Waals surface area contributed by atoms with Gasteiger partial charge in [0.1, 0.15) is 5.82 Å². The van der Waals surface area contributed by atoms with E-state index in [2.05, 4.69) is 37.9 Å². The number of piperazine rings is 2. The molecule has 11 heteroatoms. The molecular weight excluding hydrogens is 526 g/mol. The minimum atomic E-state index is 0.550. The van der Waals surface area contributed by atoms with Crippen LogP contribution in [0.1, 0.15) is 12.5 Å². The van der Waals surface area contributed by atoms with Crippen molar-refractivity contribution in [2.24, 2.45) is 0 Å². The van der Waals surface area contributed by atoms with Crippen LogP contribution >= 0.6 is 12.2 Å². The SMILES string of the molecule is CCN1CCN(c2nc(NC(=S)N3CCN(Cc4ccc(OC)c(OC)c4OC)CC3)nc3ccccc23)CC1. The minimum Gasteiger partial charge on any atom is -0.493 e. The average Bonchev–Trinajstić information content (AvgIpc) is 3.00. The predicted molar refractivity (Wildman–Crippen MR) is 163 cm³/mol. The lowest BCUT2D eigenvalue weighted by atomic mass is 10.1. The summed E-state index contributed by atoms with van der Waals surface area (Å²) in [5, 5.41) is 5.07. The fraction of sp³-hybridized carbons (Fsp3) is 0.483. The summed E-state index contributed by atoms with van der Waals surface area (Å²) >= 11 is 5.82. The molecule has 40 heavy (non-hydrogen) atoms. The van der Waals surface area contributed by atoms with Gasteiger partial charge in [-0.2, -0.15) is 4.98 Å². The maximum absolute atomic E-state index is 5.82. The van der Waals surface area contributed by atoms with Gasteiger partial charge >= 0.3 is 0 Å². The summed E-state index contributed by atoms with van der Waals surface area (Å²) < 4.78 is 16.7. The number of fused-ring (bicyclic) bond motifs is 1. The fourth-order valence-corrected chi connectivity index (χ4v) is 5.72. The van der Waals surface area contributed by atoms with Gasteiger partial charge in [-0.3, -0.25) is 4.90 Å². The maximum atomic E-state index is 5.82. The molecule has 2 fully saturated rings. The van der Waals surface area contributed by atoms with Gasteiger partial charge in [0.25, 0.3) is 0 Å². The molecule has 0 bridgehead atoms. The summed E-state index contributed by atoms with van der Waals surface area (Å²) in [7, 11) is 4.92. The van der Waals surface area contributed by atoms with E-state index >= 15 is 0 Å². The number of hydrogen-bond acceptors (Lipinski definition) is 9. The van der Waals surface area contributed by atoms with E-state index in [9.17, 15) is 0 Å². The Morgan fingerprint density at radius 3 is 2.20 bits per heavy atom. The van der Waals surface area contributed by atoms with Crippen molar-refractivity contribution in [3.63, 3.8) is 0 Å². The second-order valence-corrected chi connectivity index (χ2v) is 10.4. The zero-order valence-corrected chi connectivity index (χ0v) is 24.7. The third-order valence-electron chi connectivity index (χ3n) is 7.76. The predicted octanol–water partition coefficient (Wildman–Crippen LogP) is 3.31. The van der Waals surface area contributed by atoms with Gasteiger partial charge in [0.05, 0.1) is 26.8 Å².